The smallest absolute Gasteiger partial charge is 0.343 e. The van der Waals surface area contributed by atoms with Crippen LogP contribution in [0.5, 0.6) is 11.5 Å². The average molecular weight is 391 g/mol. The highest BCUT2D eigenvalue weighted by atomic mass is 16.5. The first-order valence-electron chi connectivity index (χ1n) is 9.91. The molecule has 2 saturated carbocycles. The molecule has 1 aliphatic heterocycles. The number of carbonyl (C=O) groups excluding carboxylic acids is 3. The molecule has 148 valence electrons. The summed E-state index contributed by atoms with van der Waals surface area (Å²) in [4.78, 5) is 39.8. The van der Waals surface area contributed by atoms with Crippen molar-refractivity contribution in [3.8, 4) is 11.5 Å². The van der Waals surface area contributed by atoms with E-state index in [1.54, 1.807) is 48.5 Å². The summed E-state index contributed by atoms with van der Waals surface area (Å²) < 4.78 is 10.6. The summed E-state index contributed by atoms with van der Waals surface area (Å²) in [6.45, 7) is 0. The monoisotopic (exact) mass is 391 g/mol. The van der Waals surface area contributed by atoms with E-state index in [0.29, 0.717) is 28.8 Å². The van der Waals surface area contributed by atoms with Crippen LogP contribution in [0.4, 0.5) is 5.69 Å². The Morgan fingerprint density at radius 1 is 0.931 bits per heavy atom. The zero-order valence-corrected chi connectivity index (χ0v) is 16.0. The van der Waals surface area contributed by atoms with Gasteiger partial charge in [-0.2, -0.15) is 0 Å². The third kappa shape index (κ3) is 2.82. The van der Waals surface area contributed by atoms with Gasteiger partial charge in [0, 0.05) is 6.07 Å². The van der Waals surface area contributed by atoms with Gasteiger partial charge < -0.3 is 9.47 Å². The molecule has 0 unspecified atom stereocenters. The zero-order valence-electron chi connectivity index (χ0n) is 16.0. The van der Waals surface area contributed by atoms with Crippen LogP contribution >= 0.6 is 0 Å². The number of ether oxygens (including phenoxy) is 2. The fourth-order valence-corrected chi connectivity index (χ4v) is 5.27. The summed E-state index contributed by atoms with van der Waals surface area (Å²) in [6, 6.07) is 13.3. The molecule has 4 atom stereocenters. The zero-order chi connectivity index (χ0) is 20.1. The molecule has 1 saturated heterocycles. The number of rotatable bonds is 4. The van der Waals surface area contributed by atoms with Gasteiger partial charge in [-0.15, -0.1) is 0 Å². The normalized spacial score (nSPS) is 27.3. The second-order valence-corrected chi connectivity index (χ2v) is 8.02. The summed E-state index contributed by atoms with van der Waals surface area (Å²) >= 11 is 0. The number of imide groups is 1. The van der Waals surface area contributed by atoms with Gasteiger partial charge in [-0.25, -0.2) is 9.69 Å². The van der Waals surface area contributed by atoms with E-state index in [2.05, 4.69) is 0 Å². The number of carbonyl (C=O) groups is 3. The lowest BCUT2D eigenvalue weighted by Crippen LogP contribution is -2.32. The van der Waals surface area contributed by atoms with Crippen molar-refractivity contribution in [3.05, 3.63) is 54.1 Å². The summed E-state index contributed by atoms with van der Waals surface area (Å²) in [5.41, 5.74) is 0.818. The predicted molar refractivity (Wildman–Crippen MR) is 105 cm³/mol. The van der Waals surface area contributed by atoms with Crippen LogP contribution < -0.4 is 14.4 Å². The van der Waals surface area contributed by atoms with Crippen molar-refractivity contribution in [2.75, 3.05) is 12.0 Å². The Hall–Kier alpha value is -3.15. The van der Waals surface area contributed by atoms with Gasteiger partial charge in [-0.1, -0.05) is 12.1 Å². The fourth-order valence-electron chi connectivity index (χ4n) is 5.27. The van der Waals surface area contributed by atoms with Gasteiger partial charge in [0.15, 0.2) is 0 Å². The molecule has 0 aromatic heterocycles. The fraction of sp³-hybridized carbons (Fsp3) is 0.348. The molecular formula is C23H21NO5. The van der Waals surface area contributed by atoms with E-state index in [0.717, 1.165) is 19.3 Å². The van der Waals surface area contributed by atoms with E-state index in [1.807, 2.05) is 0 Å². The first kappa shape index (κ1) is 17.9. The second kappa shape index (κ2) is 6.72. The first-order valence-corrected chi connectivity index (χ1v) is 9.91. The van der Waals surface area contributed by atoms with Gasteiger partial charge >= 0.3 is 5.97 Å². The topological polar surface area (TPSA) is 72.9 Å². The quantitative estimate of drug-likeness (QED) is 0.453. The highest BCUT2D eigenvalue weighted by molar-refractivity contribution is 6.22. The highest BCUT2D eigenvalue weighted by Crippen LogP contribution is 2.56. The molecule has 2 amide bonds. The molecule has 3 fully saturated rings. The van der Waals surface area contributed by atoms with Crippen molar-refractivity contribution >= 4 is 23.5 Å². The van der Waals surface area contributed by atoms with Crippen molar-refractivity contribution in [2.45, 2.75) is 19.3 Å². The Kier molecular flexibility index (Phi) is 4.15. The number of fused-ring (bicyclic) bond motifs is 5. The Bertz CT molecular complexity index is 988. The lowest BCUT2D eigenvalue weighted by Gasteiger charge is -2.19. The summed E-state index contributed by atoms with van der Waals surface area (Å²) in [5, 5.41) is 0. The van der Waals surface area contributed by atoms with E-state index in [9.17, 15) is 14.4 Å². The van der Waals surface area contributed by atoms with Gasteiger partial charge in [0.2, 0.25) is 11.8 Å². The maximum absolute atomic E-state index is 13.0. The van der Waals surface area contributed by atoms with E-state index >= 15 is 0 Å². The molecule has 3 aliphatic rings. The molecule has 2 aliphatic carbocycles. The van der Waals surface area contributed by atoms with Crippen LogP contribution in [0.25, 0.3) is 0 Å². The van der Waals surface area contributed by atoms with Crippen LogP contribution in [0.15, 0.2) is 48.5 Å². The molecule has 0 N–H and O–H groups in total. The summed E-state index contributed by atoms with van der Waals surface area (Å²) in [5.74, 6) is 0.412. The Morgan fingerprint density at radius 3 is 2.28 bits per heavy atom. The van der Waals surface area contributed by atoms with Crippen molar-refractivity contribution in [3.63, 3.8) is 0 Å². The third-order valence-corrected chi connectivity index (χ3v) is 6.52. The lowest BCUT2D eigenvalue weighted by atomic mass is 9.81. The number of benzene rings is 2. The minimum absolute atomic E-state index is 0.108. The molecule has 2 bridgehead atoms. The van der Waals surface area contributed by atoms with Crippen LogP contribution in [0, 0.1) is 23.7 Å². The molecule has 29 heavy (non-hydrogen) atoms. The van der Waals surface area contributed by atoms with Gasteiger partial charge in [-0.3, -0.25) is 9.59 Å². The van der Waals surface area contributed by atoms with E-state index < -0.39 is 5.97 Å². The van der Waals surface area contributed by atoms with Crippen molar-refractivity contribution in [1.82, 2.24) is 0 Å². The van der Waals surface area contributed by atoms with Gasteiger partial charge in [0.25, 0.3) is 0 Å². The maximum atomic E-state index is 13.0. The standard InChI is InChI=1S/C23H21NO5/c1-28-17-6-2-4-15(11-17)23(27)29-18-7-3-5-16(12-18)24-21(25)19-13-8-9-14(10-13)20(19)22(24)26/h2-7,11-14,19-20H,8-10H2,1H3/t13-,14+,19-,20-/m0/s1. The molecule has 2 aromatic carbocycles. The first-order chi connectivity index (χ1) is 14.1. The SMILES string of the molecule is COc1cccc(C(=O)Oc2cccc(N3C(=O)[C@H]4[C@@H]5CC[C@@H](C5)[C@@H]4C3=O)c2)c1. The number of esters is 1. The summed E-state index contributed by atoms with van der Waals surface area (Å²) in [7, 11) is 1.53. The number of hydrogen-bond donors (Lipinski definition) is 0. The lowest BCUT2D eigenvalue weighted by molar-refractivity contribution is -0.123. The minimum Gasteiger partial charge on any atom is -0.497 e. The molecule has 2 aromatic rings. The van der Waals surface area contributed by atoms with E-state index in [-0.39, 0.29) is 29.4 Å². The van der Waals surface area contributed by atoms with Gasteiger partial charge in [0.1, 0.15) is 11.5 Å². The minimum atomic E-state index is -0.532. The molecule has 0 spiro atoms. The average Bonchev–Trinajstić information content (AvgIpc) is 3.42. The number of methoxy groups -OCH3 is 1. The van der Waals surface area contributed by atoms with Gasteiger partial charge in [0.05, 0.1) is 30.2 Å². The van der Waals surface area contributed by atoms with Crippen molar-refractivity contribution in [2.24, 2.45) is 23.7 Å². The van der Waals surface area contributed by atoms with Crippen LogP contribution in [-0.4, -0.2) is 24.9 Å². The van der Waals surface area contributed by atoms with E-state index in [4.69, 9.17) is 9.47 Å². The molecule has 6 heteroatoms. The summed E-state index contributed by atoms with van der Waals surface area (Å²) in [6.07, 6.45) is 3.08. The number of hydrogen-bond acceptors (Lipinski definition) is 5. The number of anilines is 1. The third-order valence-electron chi connectivity index (χ3n) is 6.52. The Balaban J connectivity index is 1.38. The maximum Gasteiger partial charge on any atom is 0.343 e. The van der Waals surface area contributed by atoms with Crippen molar-refractivity contribution < 1.29 is 23.9 Å². The predicted octanol–water partition coefficient (Wildman–Crippen LogP) is 3.45. The Labute approximate surface area is 168 Å². The van der Waals surface area contributed by atoms with Crippen molar-refractivity contribution in [1.29, 1.82) is 0 Å². The van der Waals surface area contributed by atoms with Crippen LogP contribution in [-0.2, 0) is 9.59 Å². The van der Waals surface area contributed by atoms with Crippen LogP contribution in [0.1, 0.15) is 29.6 Å². The number of amides is 2. The molecule has 1 heterocycles. The second-order valence-electron chi connectivity index (χ2n) is 8.02. The van der Waals surface area contributed by atoms with Crippen LogP contribution in [0.2, 0.25) is 0 Å². The molecular weight excluding hydrogens is 370 g/mol. The van der Waals surface area contributed by atoms with Crippen LogP contribution in [0.3, 0.4) is 0 Å². The molecule has 5 rings (SSSR count). The molecule has 0 radical (unpaired) electrons. The largest absolute Gasteiger partial charge is 0.497 e. The van der Waals surface area contributed by atoms with E-state index in [1.165, 1.54) is 12.0 Å². The highest BCUT2D eigenvalue weighted by Gasteiger charge is 2.61. The number of nitrogens with zero attached hydrogens (tertiary/aromatic N) is 1. The van der Waals surface area contributed by atoms with Gasteiger partial charge in [-0.05, 0) is 61.4 Å². The Morgan fingerprint density at radius 2 is 1.59 bits per heavy atom. The molecule has 6 nitrogen and oxygen atoms in total.